The molecule has 0 atom stereocenters. The number of rotatable bonds is 9. The van der Waals surface area contributed by atoms with Crippen molar-refractivity contribution in [3.05, 3.63) is 78.4 Å². The number of carbonyl (C=O) groups is 1. The van der Waals surface area contributed by atoms with Gasteiger partial charge in [0.25, 0.3) is 5.91 Å². The highest BCUT2D eigenvalue weighted by Gasteiger charge is 2.07. The third-order valence-electron chi connectivity index (χ3n) is 3.95. The minimum atomic E-state index is -0.457. The molecule has 2 N–H and O–H groups in total. The molecule has 8 nitrogen and oxygen atoms in total. The topological polar surface area (TPSA) is 105 Å². The average Bonchev–Trinajstić information content (AvgIpc) is 2.80. The van der Waals surface area contributed by atoms with Gasteiger partial charge in [0.15, 0.2) is 18.1 Å². The molecule has 3 aromatic carbocycles. The average molecular weight is 418 g/mol. The van der Waals surface area contributed by atoms with Gasteiger partial charge in [-0.25, -0.2) is 5.43 Å². The molecule has 0 aliphatic carbocycles. The lowest BCUT2D eigenvalue weighted by Gasteiger charge is -2.10. The zero-order valence-electron chi connectivity index (χ0n) is 16.9. The third-order valence-corrected chi connectivity index (χ3v) is 3.95. The van der Waals surface area contributed by atoms with E-state index in [0.717, 1.165) is 0 Å². The number of hydrogen-bond donors (Lipinski definition) is 2. The van der Waals surface area contributed by atoms with Gasteiger partial charge in [0.2, 0.25) is 0 Å². The molecule has 0 radical (unpaired) electrons. The summed E-state index contributed by atoms with van der Waals surface area (Å²) in [5, 5.41) is 22.1. The van der Waals surface area contributed by atoms with Crippen LogP contribution in [0.5, 0.6) is 17.2 Å². The predicted octanol–water partition coefficient (Wildman–Crippen LogP) is 4.74. The first-order valence-corrected chi connectivity index (χ1v) is 9.62. The molecular weight excluding hydrogens is 396 g/mol. The van der Waals surface area contributed by atoms with Crippen LogP contribution in [0.25, 0.3) is 0 Å². The van der Waals surface area contributed by atoms with Crippen molar-refractivity contribution in [1.29, 1.82) is 0 Å². The molecule has 31 heavy (non-hydrogen) atoms. The van der Waals surface area contributed by atoms with Gasteiger partial charge in [-0.3, -0.25) is 4.79 Å². The number of hydrazone groups is 1. The van der Waals surface area contributed by atoms with E-state index in [9.17, 15) is 9.90 Å². The molecule has 0 saturated heterocycles. The van der Waals surface area contributed by atoms with E-state index >= 15 is 0 Å². The minimum absolute atomic E-state index is 0.00134. The Morgan fingerprint density at radius 1 is 0.935 bits per heavy atom. The number of ether oxygens (including phenoxy) is 2. The maximum absolute atomic E-state index is 12.0. The summed E-state index contributed by atoms with van der Waals surface area (Å²) in [6.07, 6.45) is 1.32. The van der Waals surface area contributed by atoms with Crippen molar-refractivity contribution >= 4 is 23.5 Å². The summed E-state index contributed by atoms with van der Waals surface area (Å²) in [7, 11) is 0. The molecule has 0 fully saturated rings. The summed E-state index contributed by atoms with van der Waals surface area (Å²) in [5.41, 5.74) is 3.98. The van der Waals surface area contributed by atoms with Gasteiger partial charge >= 0.3 is 0 Å². The van der Waals surface area contributed by atoms with Crippen molar-refractivity contribution in [3.8, 4) is 17.2 Å². The summed E-state index contributed by atoms with van der Waals surface area (Å²) in [6.45, 7) is 2.12. The highest BCUT2D eigenvalue weighted by atomic mass is 16.5. The number of carbonyl (C=O) groups excluding carboxylic acids is 1. The Morgan fingerprint density at radius 2 is 1.61 bits per heavy atom. The standard InChI is InChI=1S/C23H22N4O4/c1-2-30-21-10-6-7-11-22(21)31-16-23(29)27-24-15-17-14-19(12-13-20(17)28)26-25-18-8-4-3-5-9-18/h3-15,28H,2,16H2,1H3,(H,27,29)/b24-15-,26-25?. The van der Waals surface area contributed by atoms with E-state index in [0.29, 0.717) is 35.0 Å². The van der Waals surface area contributed by atoms with Crippen molar-refractivity contribution in [1.82, 2.24) is 5.43 Å². The summed E-state index contributed by atoms with van der Waals surface area (Å²) in [6, 6.07) is 21.1. The second-order valence-electron chi connectivity index (χ2n) is 6.24. The molecule has 8 heteroatoms. The quantitative estimate of drug-likeness (QED) is 0.298. The zero-order chi connectivity index (χ0) is 21.9. The number of nitrogens with one attached hydrogen (secondary N) is 1. The van der Waals surface area contributed by atoms with Crippen molar-refractivity contribution in [2.75, 3.05) is 13.2 Å². The molecule has 0 saturated carbocycles. The number of hydrogen-bond acceptors (Lipinski definition) is 7. The van der Waals surface area contributed by atoms with E-state index in [1.165, 1.54) is 12.3 Å². The molecule has 0 bridgehead atoms. The highest BCUT2D eigenvalue weighted by Crippen LogP contribution is 2.26. The fourth-order valence-electron chi connectivity index (χ4n) is 2.51. The summed E-state index contributed by atoms with van der Waals surface area (Å²) in [5.74, 6) is 0.575. The van der Waals surface area contributed by atoms with Gasteiger partial charge in [-0.2, -0.15) is 15.3 Å². The lowest BCUT2D eigenvalue weighted by atomic mass is 10.2. The minimum Gasteiger partial charge on any atom is -0.507 e. The second kappa shape index (κ2) is 11.1. The van der Waals surface area contributed by atoms with E-state index in [-0.39, 0.29) is 12.4 Å². The zero-order valence-corrected chi connectivity index (χ0v) is 16.9. The van der Waals surface area contributed by atoms with Crippen molar-refractivity contribution in [3.63, 3.8) is 0 Å². The van der Waals surface area contributed by atoms with Crippen molar-refractivity contribution in [2.24, 2.45) is 15.3 Å². The lowest BCUT2D eigenvalue weighted by Crippen LogP contribution is -2.24. The molecule has 0 aliphatic rings. The Kier molecular flexibility index (Phi) is 7.70. The first-order valence-electron chi connectivity index (χ1n) is 9.62. The molecule has 3 rings (SSSR count). The highest BCUT2D eigenvalue weighted by molar-refractivity contribution is 5.86. The number of nitrogens with zero attached hydrogens (tertiary/aromatic N) is 3. The molecule has 0 aliphatic heterocycles. The van der Waals surface area contributed by atoms with Crippen LogP contribution in [0.3, 0.4) is 0 Å². The number of aromatic hydroxyl groups is 1. The normalized spacial score (nSPS) is 11.0. The molecule has 1 amide bonds. The van der Waals surface area contributed by atoms with Crippen LogP contribution in [0, 0.1) is 0 Å². The van der Waals surface area contributed by atoms with Crippen LogP contribution in [0.4, 0.5) is 11.4 Å². The summed E-state index contributed by atoms with van der Waals surface area (Å²) < 4.78 is 10.9. The van der Waals surface area contributed by atoms with Crippen LogP contribution in [0.1, 0.15) is 12.5 Å². The fourth-order valence-corrected chi connectivity index (χ4v) is 2.51. The first kappa shape index (κ1) is 21.5. The van der Waals surface area contributed by atoms with Crippen LogP contribution < -0.4 is 14.9 Å². The van der Waals surface area contributed by atoms with Crippen LogP contribution in [-0.2, 0) is 4.79 Å². The van der Waals surface area contributed by atoms with Gasteiger partial charge in [0.1, 0.15) is 5.75 Å². The van der Waals surface area contributed by atoms with Gasteiger partial charge in [0.05, 0.1) is 24.2 Å². The predicted molar refractivity (Wildman–Crippen MR) is 118 cm³/mol. The Hall–Kier alpha value is -4.20. The Bertz CT molecular complexity index is 1070. The van der Waals surface area contributed by atoms with Crippen LogP contribution in [-0.4, -0.2) is 30.4 Å². The fraction of sp³-hybridized carbons (Fsp3) is 0.130. The van der Waals surface area contributed by atoms with Crippen molar-refractivity contribution < 1.29 is 19.4 Å². The van der Waals surface area contributed by atoms with Crippen LogP contribution in [0.2, 0.25) is 0 Å². The molecule has 0 unspecified atom stereocenters. The van der Waals surface area contributed by atoms with Gasteiger partial charge in [-0.05, 0) is 49.4 Å². The molecule has 0 aromatic heterocycles. The van der Waals surface area contributed by atoms with Crippen LogP contribution in [0.15, 0.2) is 88.1 Å². The molecule has 3 aromatic rings. The maximum Gasteiger partial charge on any atom is 0.277 e. The number of phenols is 1. The Morgan fingerprint density at radius 3 is 2.35 bits per heavy atom. The molecule has 158 valence electrons. The molecule has 0 heterocycles. The maximum atomic E-state index is 12.0. The SMILES string of the molecule is CCOc1ccccc1OCC(=O)N/N=C\c1cc(N=Nc2ccccc2)ccc1O. The first-order chi connectivity index (χ1) is 15.2. The van der Waals surface area contributed by atoms with E-state index in [1.54, 1.807) is 30.3 Å². The summed E-state index contributed by atoms with van der Waals surface area (Å²) in [4.78, 5) is 12.0. The summed E-state index contributed by atoms with van der Waals surface area (Å²) >= 11 is 0. The number of amides is 1. The smallest absolute Gasteiger partial charge is 0.277 e. The Labute approximate surface area is 179 Å². The molecular formula is C23H22N4O4. The van der Waals surface area contributed by atoms with Gasteiger partial charge in [-0.15, -0.1) is 0 Å². The molecule has 0 spiro atoms. The van der Waals surface area contributed by atoms with E-state index in [2.05, 4.69) is 20.8 Å². The lowest BCUT2D eigenvalue weighted by molar-refractivity contribution is -0.123. The number of phenolic OH excluding ortho intramolecular Hbond substituents is 1. The van der Waals surface area contributed by atoms with E-state index in [1.807, 2.05) is 43.3 Å². The number of azo groups is 1. The number of benzene rings is 3. The van der Waals surface area contributed by atoms with E-state index < -0.39 is 5.91 Å². The van der Waals surface area contributed by atoms with Gasteiger partial charge < -0.3 is 14.6 Å². The van der Waals surface area contributed by atoms with Crippen molar-refractivity contribution in [2.45, 2.75) is 6.92 Å². The monoisotopic (exact) mass is 418 g/mol. The van der Waals surface area contributed by atoms with E-state index in [4.69, 9.17) is 9.47 Å². The third kappa shape index (κ3) is 6.67. The van der Waals surface area contributed by atoms with Gasteiger partial charge in [0, 0.05) is 5.56 Å². The second-order valence-corrected chi connectivity index (χ2v) is 6.24. The van der Waals surface area contributed by atoms with Gasteiger partial charge in [-0.1, -0.05) is 30.3 Å². The number of para-hydroxylation sites is 2. The Balaban J connectivity index is 1.56. The van der Waals surface area contributed by atoms with Crippen LogP contribution >= 0.6 is 0 Å². The largest absolute Gasteiger partial charge is 0.507 e.